The summed E-state index contributed by atoms with van der Waals surface area (Å²) in [5, 5.41) is 3.30. The standard InChI is InChI=1S/C12H22N2O2.ClH/c1-12(2)9-14(6-7-16-12)11(15)10-4-3-5-13-8-10;/h10,13H,3-9H2,1-2H3;1H/t10-;/m1./s1. The van der Waals surface area contributed by atoms with Gasteiger partial charge in [0.15, 0.2) is 0 Å². The fourth-order valence-electron chi connectivity index (χ4n) is 2.53. The minimum Gasteiger partial charge on any atom is -0.372 e. The van der Waals surface area contributed by atoms with Gasteiger partial charge in [-0.25, -0.2) is 0 Å². The van der Waals surface area contributed by atoms with Crippen LogP contribution in [0.3, 0.4) is 0 Å². The first-order chi connectivity index (χ1) is 7.58. The second-order valence-electron chi connectivity index (χ2n) is 5.41. The van der Waals surface area contributed by atoms with Crippen molar-refractivity contribution in [2.24, 2.45) is 5.92 Å². The molecule has 2 rings (SSSR count). The average Bonchev–Trinajstić information content (AvgIpc) is 2.28. The first kappa shape index (κ1) is 14.7. The van der Waals surface area contributed by atoms with E-state index in [9.17, 15) is 4.79 Å². The van der Waals surface area contributed by atoms with E-state index < -0.39 is 0 Å². The maximum Gasteiger partial charge on any atom is 0.227 e. The van der Waals surface area contributed by atoms with E-state index in [2.05, 4.69) is 5.32 Å². The van der Waals surface area contributed by atoms with Crippen molar-refractivity contribution in [1.29, 1.82) is 0 Å². The summed E-state index contributed by atoms with van der Waals surface area (Å²) in [5.74, 6) is 0.492. The summed E-state index contributed by atoms with van der Waals surface area (Å²) in [4.78, 5) is 14.2. The number of hydrogen-bond acceptors (Lipinski definition) is 3. The topological polar surface area (TPSA) is 41.6 Å². The fourth-order valence-corrected chi connectivity index (χ4v) is 2.53. The van der Waals surface area contributed by atoms with E-state index in [0.717, 1.165) is 39.0 Å². The Morgan fingerprint density at radius 3 is 2.82 bits per heavy atom. The van der Waals surface area contributed by atoms with Crippen molar-refractivity contribution in [3.63, 3.8) is 0 Å². The summed E-state index contributed by atoms with van der Waals surface area (Å²) in [7, 11) is 0. The maximum atomic E-state index is 12.3. The normalized spacial score (nSPS) is 28.4. The van der Waals surface area contributed by atoms with Crippen molar-refractivity contribution in [3.8, 4) is 0 Å². The van der Waals surface area contributed by atoms with Crippen LogP contribution in [0.25, 0.3) is 0 Å². The lowest BCUT2D eigenvalue weighted by Gasteiger charge is -2.40. The van der Waals surface area contributed by atoms with Gasteiger partial charge in [0, 0.05) is 19.6 Å². The molecule has 0 aliphatic carbocycles. The van der Waals surface area contributed by atoms with Crippen LogP contribution in [-0.4, -0.2) is 49.2 Å². The summed E-state index contributed by atoms with van der Waals surface area (Å²) in [5.41, 5.74) is -0.185. The SMILES string of the molecule is CC1(C)CN(C(=O)[C@@H]2CCCNC2)CCO1.Cl. The van der Waals surface area contributed by atoms with E-state index in [1.54, 1.807) is 0 Å². The predicted molar refractivity (Wildman–Crippen MR) is 69.5 cm³/mol. The number of morpholine rings is 1. The molecule has 4 nitrogen and oxygen atoms in total. The van der Waals surface area contributed by atoms with Gasteiger partial charge in [0.25, 0.3) is 0 Å². The second kappa shape index (κ2) is 6.03. The first-order valence-electron chi connectivity index (χ1n) is 6.22. The Labute approximate surface area is 109 Å². The first-order valence-corrected chi connectivity index (χ1v) is 6.22. The number of carbonyl (C=O) groups is 1. The van der Waals surface area contributed by atoms with Crippen LogP contribution in [0.4, 0.5) is 0 Å². The molecule has 0 aromatic rings. The highest BCUT2D eigenvalue weighted by Gasteiger charge is 2.33. The summed E-state index contributed by atoms with van der Waals surface area (Å²) < 4.78 is 5.62. The molecule has 0 radical (unpaired) electrons. The molecule has 100 valence electrons. The van der Waals surface area contributed by atoms with Crippen LogP contribution in [0.5, 0.6) is 0 Å². The largest absolute Gasteiger partial charge is 0.372 e. The minimum absolute atomic E-state index is 0. The Balaban J connectivity index is 0.00000144. The van der Waals surface area contributed by atoms with Gasteiger partial charge in [0.1, 0.15) is 0 Å². The zero-order chi connectivity index (χ0) is 11.6. The molecule has 0 aromatic heterocycles. The lowest BCUT2D eigenvalue weighted by atomic mass is 9.97. The molecule has 2 aliphatic rings. The third-order valence-corrected chi connectivity index (χ3v) is 3.38. The van der Waals surface area contributed by atoms with Crippen LogP contribution in [-0.2, 0) is 9.53 Å². The zero-order valence-electron chi connectivity index (χ0n) is 10.7. The molecule has 1 N–H and O–H groups in total. The highest BCUT2D eigenvalue weighted by atomic mass is 35.5. The summed E-state index contributed by atoms with van der Waals surface area (Å²) in [6, 6.07) is 0. The third-order valence-electron chi connectivity index (χ3n) is 3.38. The van der Waals surface area contributed by atoms with Crippen molar-refractivity contribution < 1.29 is 9.53 Å². The van der Waals surface area contributed by atoms with Gasteiger partial charge in [-0.3, -0.25) is 4.79 Å². The molecule has 0 aromatic carbocycles. The molecular weight excluding hydrogens is 240 g/mol. The number of hydrogen-bond donors (Lipinski definition) is 1. The minimum atomic E-state index is -0.185. The highest BCUT2D eigenvalue weighted by Crippen LogP contribution is 2.20. The Morgan fingerprint density at radius 2 is 2.24 bits per heavy atom. The van der Waals surface area contributed by atoms with E-state index in [1.165, 1.54) is 0 Å². The van der Waals surface area contributed by atoms with Gasteiger partial charge >= 0.3 is 0 Å². The Hall–Kier alpha value is -0.320. The molecule has 2 fully saturated rings. The molecule has 5 heteroatoms. The maximum absolute atomic E-state index is 12.3. The van der Waals surface area contributed by atoms with Gasteiger partial charge in [-0.1, -0.05) is 0 Å². The molecule has 0 saturated carbocycles. The van der Waals surface area contributed by atoms with Crippen molar-refractivity contribution >= 4 is 18.3 Å². The van der Waals surface area contributed by atoms with Crippen LogP contribution in [0.2, 0.25) is 0 Å². The van der Waals surface area contributed by atoms with Crippen molar-refractivity contribution in [2.75, 3.05) is 32.8 Å². The van der Waals surface area contributed by atoms with Crippen molar-refractivity contribution in [2.45, 2.75) is 32.3 Å². The van der Waals surface area contributed by atoms with Crippen LogP contribution >= 0.6 is 12.4 Å². The number of nitrogens with one attached hydrogen (secondary N) is 1. The number of carbonyl (C=O) groups excluding carboxylic acids is 1. The van der Waals surface area contributed by atoms with Gasteiger partial charge in [-0.05, 0) is 33.2 Å². The fraction of sp³-hybridized carbons (Fsp3) is 0.917. The third kappa shape index (κ3) is 3.83. The van der Waals surface area contributed by atoms with Crippen LogP contribution in [0.15, 0.2) is 0 Å². The van der Waals surface area contributed by atoms with E-state index in [1.807, 2.05) is 18.7 Å². The highest BCUT2D eigenvalue weighted by molar-refractivity contribution is 5.85. The molecule has 1 atom stereocenters. The molecule has 2 aliphatic heterocycles. The number of piperidine rings is 1. The molecule has 0 unspecified atom stereocenters. The number of rotatable bonds is 1. The van der Waals surface area contributed by atoms with Crippen LogP contribution < -0.4 is 5.32 Å². The molecule has 2 heterocycles. The predicted octanol–water partition coefficient (Wildman–Crippen LogP) is 1.05. The van der Waals surface area contributed by atoms with Gasteiger partial charge in [-0.15, -0.1) is 12.4 Å². The summed E-state index contributed by atoms with van der Waals surface area (Å²) >= 11 is 0. The molecule has 2 saturated heterocycles. The van der Waals surface area contributed by atoms with E-state index in [-0.39, 0.29) is 23.9 Å². The lowest BCUT2D eigenvalue weighted by molar-refractivity contribution is -0.150. The Morgan fingerprint density at radius 1 is 1.47 bits per heavy atom. The quantitative estimate of drug-likeness (QED) is 0.768. The summed E-state index contributed by atoms with van der Waals surface area (Å²) in [6.07, 6.45) is 2.15. The Kier molecular flexibility index (Phi) is 5.22. The average molecular weight is 263 g/mol. The smallest absolute Gasteiger partial charge is 0.227 e. The van der Waals surface area contributed by atoms with E-state index in [0.29, 0.717) is 12.5 Å². The molecule has 0 spiro atoms. The number of amides is 1. The van der Waals surface area contributed by atoms with E-state index >= 15 is 0 Å². The lowest BCUT2D eigenvalue weighted by Crippen LogP contribution is -2.53. The van der Waals surface area contributed by atoms with Gasteiger partial charge in [0.05, 0.1) is 18.1 Å². The molecular formula is C12H23ClN2O2. The van der Waals surface area contributed by atoms with Gasteiger partial charge in [0.2, 0.25) is 5.91 Å². The number of halogens is 1. The van der Waals surface area contributed by atoms with Crippen molar-refractivity contribution in [3.05, 3.63) is 0 Å². The van der Waals surface area contributed by atoms with Crippen molar-refractivity contribution in [1.82, 2.24) is 10.2 Å². The molecule has 1 amide bonds. The molecule has 17 heavy (non-hydrogen) atoms. The van der Waals surface area contributed by atoms with Gasteiger partial charge in [-0.2, -0.15) is 0 Å². The Bertz CT molecular complexity index is 265. The zero-order valence-corrected chi connectivity index (χ0v) is 11.5. The number of ether oxygens (including phenoxy) is 1. The van der Waals surface area contributed by atoms with Gasteiger partial charge < -0.3 is 15.0 Å². The molecule has 0 bridgehead atoms. The second-order valence-corrected chi connectivity index (χ2v) is 5.41. The van der Waals surface area contributed by atoms with Crippen LogP contribution in [0, 0.1) is 5.92 Å². The van der Waals surface area contributed by atoms with E-state index in [4.69, 9.17) is 4.74 Å². The number of nitrogens with zero attached hydrogens (tertiary/aromatic N) is 1. The van der Waals surface area contributed by atoms with Crippen LogP contribution in [0.1, 0.15) is 26.7 Å². The summed E-state index contributed by atoms with van der Waals surface area (Å²) in [6.45, 7) is 8.13. The monoisotopic (exact) mass is 262 g/mol.